The highest BCUT2D eigenvalue weighted by Gasteiger charge is 2.44. The van der Waals surface area contributed by atoms with E-state index >= 15 is 0 Å². The quantitative estimate of drug-likeness (QED) is 0.547. The van der Waals surface area contributed by atoms with E-state index in [1.165, 1.54) is 30.4 Å². The molecule has 6 heteroatoms. The molecule has 1 N–H and O–H groups in total. The van der Waals surface area contributed by atoms with Gasteiger partial charge >= 0.3 is 5.97 Å². The minimum absolute atomic E-state index is 0.287. The van der Waals surface area contributed by atoms with E-state index in [9.17, 15) is 9.90 Å². The summed E-state index contributed by atoms with van der Waals surface area (Å²) >= 11 is 1.29. The lowest BCUT2D eigenvalue weighted by Crippen LogP contribution is -2.37. The molecule has 2 heterocycles. The molecular formula is C22H27N2O3S+. The molecular weight excluding hydrogens is 372 g/mol. The highest BCUT2D eigenvalue weighted by molar-refractivity contribution is 8.03. The van der Waals surface area contributed by atoms with Crippen molar-refractivity contribution in [3.63, 3.8) is 0 Å². The molecule has 4 rings (SSSR count). The van der Waals surface area contributed by atoms with Gasteiger partial charge in [0.05, 0.1) is 6.54 Å². The van der Waals surface area contributed by atoms with Gasteiger partial charge in [-0.25, -0.2) is 9.13 Å². The maximum Gasteiger partial charge on any atom is 0.317 e. The van der Waals surface area contributed by atoms with Crippen LogP contribution in [0.5, 0.6) is 0 Å². The molecule has 1 aliphatic carbocycles. The number of carbonyl (C=O) groups excluding carboxylic acids is 1. The zero-order chi connectivity index (χ0) is 19.6. The molecule has 1 aromatic heterocycles. The third kappa shape index (κ3) is 4.18. The van der Waals surface area contributed by atoms with Crippen LogP contribution in [0.1, 0.15) is 36.6 Å². The van der Waals surface area contributed by atoms with E-state index in [4.69, 9.17) is 4.74 Å². The Morgan fingerprint density at radius 3 is 2.86 bits per heavy atom. The molecule has 0 bridgehead atoms. The van der Waals surface area contributed by atoms with Gasteiger partial charge in [-0.1, -0.05) is 48.2 Å². The molecule has 2 unspecified atom stereocenters. The number of aromatic nitrogens is 2. The van der Waals surface area contributed by atoms with Crippen LogP contribution in [0.15, 0.2) is 54.2 Å². The first-order valence-electron chi connectivity index (χ1n) is 9.89. The lowest BCUT2D eigenvalue weighted by molar-refractivity contribution is -0.705. The Labute approximate surface area is 170 Å². The lowest BCUT2D eigenvalue weighted by Gasteiger charge is -2.30. The first-order chi connectivity index (χ1) is 13.6. The van der Waals surface area contributed by atoms with Crippen LogP contribution in [0.25, 0.3) is 0 Å². The largest absolute Gasteiger partial charge is 0.461 e. The zero-order valence-electron chi connectivity index (χ0n) is 16.2. The number of imidazole rings is 1. The molecule has 5 nitrogen and oxygen atoms in total. The van der Waals surface area contributed by atoms with Crippen LogP contribution in [0.3, 0.4) is 0 Å². The van der Waals surface area contributed by atoms with Crippen LogP contribution in [-0.4, -0.2) is 27.2 Å². The van der Waals surface area contributed by atoms with Crippen molar-refractivity contribution < 1.29 is 19.2 Å². The Morgan fingerprint density at radius 1 is 1.39 bits per heavy atom. The van der Waals surface area contributed by atoms with Gasteiger partial charge in [-0.05, 0) is 29.7 Å². The Bertz CT molecular complexity index is 850. The molecule has 28 heavy (non-hydrogen) atoms. The summed E-state index contributed by atoms with van der Waals surface area (Å²) in [4.78, 5) is 11.7. The van der Waals surface area contributed by atoms with Gasteiger partial charge in [-0.2, -0.15) is 0 Å². The summed E-state index contributed by atoms with van der Waals surface area (Å²) in [7, 11) is 0. The maximum atomic E-state index is 12.9. The van der Waals surface area contributed by atoms with E-state index < -0.39 is 10.9 Å². The van der Waals surface area contributed by atoms with Gasteiger partial charge in [-0.15, -0.1) is 0 Å². The minimum Gasteiger partial charge on any atom is -0.461 e. The normalized spacial score (nSPS) is 22.4. The molecule has 2 aromatic rings. The molecule has 1 saturated carbocycles. The number of rotatable bonds is 8. The van der Waals surface area contributed by atoms with E-state index in [-0.39, 0.29) is 12.6 Å². The molecule has 1 aromatic carbocycles. The van der Waals surface area contributed by atoms with Crippen molar-refractivity contribution in [1.82, 2.24) is 4.57 Å². The fraction of sp³-hybridized carbons (Fsp3) is 0.455. The fourth-order valence-electron chi connectivity index (χ4n) is 3.72. The minimum atomic E-state index is -1.19. The molecule has 1 aliphatic heterocycles. The SMILES string of the molecule is Cc1n(CCOC(=O)C(c2ccccc2)C2(O)CC=CS2)cc[n+]1CC1CC1. The zero-order valence-corrected chi connectivity index (χ0v) is 17.0. The van der Waals surface area contributed by atoms with Crippen molar-refractivity contribution in [1.29, 1.82) is 0 Å². The molecule has 2 aliphatic rings. The molecule has 0 radical (unpaired) electrons. The molecule has 0 saturated heterocycles. The number of nitrogens with zero attached hydrogens (tertiary/aromatic N) is 2. The lowest BCUT2D eigenvalue weighted by atomic mass is 9.91. The monoisotopic (exact) mass is 399 g/mol. The van der Waals surface area contributed by atoms with Gasteiger partial charge < -0.3 is 9.84 Å². The van der Waals surface area contributed by atoms with Gasteiger partial charge in [0.1, 0.15) is 36.4 Å². The second-order valence-corrected chi connectivity index (χ2v) is 8.90. The van der Waals surface area contributed by atoms with Gasteiger partial charge in [0.25, 0.3) is 5.82 Å². The standard InChI is InChI=1S/C22H27N2O3S/c1-17-23(11-12-24(17)16-18-8-9-18)13-14-27-21(25)20(19-6-3-2-4-7-19)22(26)10-5-15-28-22/h2-7,11-12,15,18,20,26H,8-10,13-14,16H2,1H3/q+1. The average Bonchev–Trinajstić information content (AvgIpc) is 3.31. The Morgan fingerprint density at radius 2 is 2.18 bits per heavy atom. The number of aliphatic hydroxyl groups is 1. The van der Waals surface area contributed by atoms with Crippen molar-refractivity contribution in [3.05, 3.63) is 65.6 Å². The van der Waals surface area contributed by atoms with Gasteiger partial charge in [0, 0.05) is 13.3 Å². The van der Waals surface area contributed by atoms with Crippen LogP contribution in [0, 0.1) is 12.8 Å². The topological polar surface area (TPSA) is 55.3 Å². The Balaban J connectivity index is 1.40. The third-order valence-corrected chi connectivity index (χ3v) is 6.72. The van der Waals surface area contributed by atoms with E-state index in [2.05, 4.69) is 22.3 Å². The fourth-order valence-corrected chi connectivity index (χ4v) is 4.71. The van der Waals surface area contributed by atoms with Gasteiger partial charge in [0.2, 0.25) is 0 Å². The van der Waals surface area contributed by atoms with Crippen molar-refractivity contribution in [2.45, 2.75) is 50.1 Å². The van der Waals surface area contributed by atoms with E-state index in [0.29, 0.717) is 13.0 Å². The van der Waals surface area contributed by atoms with Crippen LogP contribution >= 0.6 is 11.8 Å². The smallest absolute Gasteiger partial charge is 0.317 e. The predicted molar refractivity (Wildman–Crippen MR) is 109 cm³/mol. The highest BCUT2D eigenvalue weighted by atomic mass is 32.2. The summed E-state index contributed by atoms with van der Waals surface area (Å²) in [5, 5.41) is 12.9. The van der Waals surface area contributed by atoms with Crippen molar-refractivity contribution in [2.75, 3.05) is 6.61 Å². The van der Waals surface area contributed by atoms with Crippen LogP contribution < -0.4 is 4.57 Å². The van der Waals surface area contributed by atoms with Crippen molar-refractivity contribution in [2.24, 2.45) is 5.92 Å². The third-order valence-electron chi connectivity index (χ3n) is 5.58. The number of benzene rings is 1. The molecule has 1 fully saturated rings. The number of hydrogen-bond donors (Lipinski definition) is 1. The summed E-state index contributed by atoms with van der Waals surface area (Å²) in [6.07, 6.45) is 9.13. The summed E-state index contributed by atoms with van der Waals surface area (Å²) in [5.74, 6) is 0.916. The molecule has 2 atom stereocenters. The molecule has 0 amide bonds. The van der Waals surface area contributed by atoms with Crippen molar-refractivity contribution >= 4 is 17.7 Å². The number of hydrogen-bond acceptors (Lipinski definition) is 4. The number of ether oxygens (including phenoxy) is 1. The van der Waals surface area contributed by atoms with Crippen LogP contribution in [0.2, 0.25) is 0 Å². The average molecular weight is 400 g/mol. The number of thioether (sulfide) groups is 1. The molecule has 148 valence electrons. The maximum absolute atomic E-state index is 12.9. The van der Waals surface area contributed by atoms with E-state index in [0.717, 1.165) is 18.0 Å². The van der Waals surface area contributed by atoms with Crippen molar-refractivity contribution in [3.8, 4) is 0 Å². The van der Waals surface area contributed by atoms with Crippen LogP contribution in [-0.2, 0) is 22.6 Å². The van der Waals surface area contributed by atoms with E-state index in [1.54, 1.807) is 0 Å². The molecule has 0 spiro atoms. The number of carbonyl (C=O) groups is 1. The first kappa shape index (κ1) is 19.3. The summed E-state index contributed by atoms with van der Waals surface area (Å²) in [5.41, 5.74) is 0.783. The number of esters is 1. The first-order valence-corrected chi connectivity index (χ1v) is 10.8. The second kappa shape index (κ2) is 8.13. The summed E-state index contributed by atoms with van der Waals surface area (Å²) in [6, 6.07) is 9.42. The Hall–Kier alpha value is -2.05. The van der Waals surface area contributed by atoms with Gasteiger partial charge in [0.15, 0.2) is 0 Å². The summed E-state index contributed by atoms with van der Waals surface area (Å²) in [6.45, 7) is 4.07. The summed E-state index contributed by atoms with van der Waals surface area (Å²) < 4.78 is 10.0. The highest BCUT2D eigenvalue weighted by Crippen LogP contribution is 2.45. The predicted octanol–water partition coefficient (Wildman–Crippen LogP) is 3.16. The van der Waals surface area contributed by atoms with E-state index in [1.807, 2.05) is 48.0 Å². The van der Waals surface area contributed by atoms with Crippen LogP contribution in [0.4, 0.5) is 0 Å². The second-order valence-electron chi connectivity index (χ2n) is 7.68. The Kier molecular flexibility index (Phi) is 5.60. The van der Waals surface area contributed by atoms with Gasteiger partial charge in [-0.3, -0.25) is 4.79 Å².